The molecule has 122 valence electrons. The molecule has 0 aliphatic carbocycles. The maximum atomic E-state index is 9.74. The van der Waals surface area contributed by atoms with Gasteiger partial charge in [-0.15, -0.1) is 0 Å². The summed E-state index contributed by atoms with van der Waals surface area (Å²) in [6.45, 7) is 3.36. The quantitative estimate of drug-likeness (QED) is 0.306. The Labute approximate surface area is 120 Å². The van der Waals surface area contributed by atoms with E-state index in [1.807, 2.05) is 0 Å². The first-order chi connectivity index (χ1) is 9.24. The fourth-order valence-corrected chi connectivity index (χ4v) is 2.20. The molecule has 6 atom stereocenters. The van der Waals surface area contributed by atoms with E-state index in [9.17, 15) is 25.5 Å². The minimum absolute atomic E-state index is 0.0517. The number of hydrogen-bond acceptors (Lipinski definition) is 6. The topological polar surface area (TPSA) is 121 Å². The highest BCUT2D eigenvalue weighted by Gasteiger charge is 2.20. The average Bonchev–Trinajstić information content (AvgIpc) is 2.26. The molecule has 0 bridgehead atoms. The lowest BCUT2D eigenvalue weighted by molar-refractivity contribution is 0.000435. The molecule has 0 saturated heterocycles. The van der Waals surface area contributed by atoms with Crippen LogP contribution in [-0.2, 0) is 0 Å². The summed E-state index contributed by atoms with van der Waals surface area (Å²) in [4.78, 5) is 0. The van der Waals surface area contributed by atoms with E-state index in [0.717, 1.165) is 0 Å². The second kappa shape index (κ2) is 10.5. The van der Waals surface area contributed by atoms with Gasteiger partial charge in [-0.25, -0.2) is 0 Å². The van der Waals surface area contributed by atoms with Crippen molar-refractivity contribution in [1.82, 2.24) is 0 Å². The lowest BCUT2D eigenvalue weighted by Gasteiger charge is -2.21. The highest BCUT2D eigenvalue weighted by atomic mass is 16.3. The lowest BCUT2D eigenvalue weighted by Crippen LogP contribution is -2.28. The molecular weight excluding hydrogens is 264 g/mol. The predicted octanol–water partition coefficient (Wildman–Crippen LogP) is -0.468. The number of hydrogen-bond donors (Lipinski definition) is 6. The number of aliphatic hydroxyl groups excluding tert-OH is 6. The van der Waals surface area contributed by atoms with Crippen molar-refractivity contribution < 1.29 is 30.6 Å². The summed E-state index contributed by atoms with van der Waals surface area (Å²) in [6.07, 6.45) is -3.49. The standard InChI is InChI=1S/C14H30O6/c1-3-10(16)5-12(18)7-14(20)8-13(19)6-11(17)4-9(2)15/h9-20H,3-8H2,1-2H3. The first-order valence-corrected chi connectivity index (χ1v) is 7.32. The predicted molar refractivity (Wildman–Crippen MR) is 75.1 cm³/mol. The first-order valence-electron chi connectivity index (χ1n) is 7.32. The first kappa shape index (κ1) is 19.8. The second-order valence-electron chi connectivity index (χ2n) is 5.70. The fourth-order valence-electron chi connectivity index (χ4n) is 2.20. The van der Waals surface area contributed by atoms with Crippen LogP contribution in [0.25, 0.3) is 0 Å². The van der Waals surface area contributed by atoms with E-state index in [4.69, 9.17) is 5.11 Å². The van der Waals surface area contributed by atoms with Crippen molar-refractivity contribution in [1.29, 1.82) is 0 Å². The Bertz CT molecular complexity index is 236. The SMILES string of the molecule is CCC(O)CC(O)CC(O)CC(O)CC(O)CC(C)O. The van der Waals surface area contributed by atoms with Crippen LogP contribution < -0.4 is 0 Å². The van der Waals surface area contributed by atoms with Crippen LogP contribution in [0.3, 0.4) is 0 Å². The molecule has 0 aromatic carbocycles. The van der Waals surface area contributed by atoms with Gasteiger partial charge in [-0.3, -0.25) is 0 Å². The molecule has 0 radical (unpaired) electrons. The van der Waals surface area contributed by atoms with Crippen LogP contribution in [0, 0.1) is 0 Å². The van der Waals surface area contributed by atoms with E-state index in [1.165, 1.54) is 0 Å². The Kier molecular flexibility index (Phi) is 10.4. The van der Waals surface area contributed by atoms with Crippen LogP contribution in [0.5, 0.6) is 0 Å². The van der Waals surface area contributed by atoms with Crippen LogP contribution >= 0.6 is 0 Å². The third-order valence-electron chi connectivity index (χ3n) is 3.26. The van der Waals surface area contributed by atoms with Crippen LogP contribution in [0.1, 0.15) is 52.4 Å². The van der Waals surface area contributed by atoms with Gasteiger partial charge in [-0.2, -0.15) is 0 Å². The van der Waals surface area contributed by atoms with E-state index in [2.05, 4.69) is 0 Å². The highest BCUT2D eigenvalue weighted by Crippen LogP contribution is 2.15. The smallest absolute Gasteiger partial charge is 0.0589 e. The van der Waals surface area contributed by atoms with Gasteiger partial charge in [0.25, 0.3) is 0 Å². The zero-order chi connectivity index (χ0) is 15.7. The number of aliphatic hydroxyl groups is 6. The normalized spacial score (nSPS) is 21.0. The Hall–Kier alpha value is -0.240. The summed E-state index contributed by atoms with van der Waals surface area (Å²) in [6, 6.07) is 0. The van der Waals surface area contributed by atoms with Gasteiger partial charge >= 0.3 is 0 Å². The lowest BCUT2D eigenvalue weighted by atomic mass is 9.97. The molecule has 6 N–H and O–H groups in total. The molecule has 0 amide bonds. The monoisotopic (exact) mass is 294 g/mol. The van der Waals surface area contributed by atoms with Gasteiger partial charge in [0, 0.05) is 0 Å². The summed E-state index contributed by atoms with van der Waals surface area (Å²) in [5.74, 6) is 0. The summed E-state index contributed by atoms with van der Waals surface area (Å²) < 4.78 is 0. The van der Waals surface area contributed by atoms with Crippen LogP contribution in [0.4, 0.5) is 0 Å². The summed E-state index contributed by atoms with van der Waals surface area (Å²) in [5, 5.41) is 57.1. The fraction of sp³-hybridized carbons (Fsp3) is 1.00. The van der Waals surface area contributed by atoms with E-state index >= 15 is 0 Å². The van der Waals surface area contributed by atoms with Crippen molar-refractivity contribution in [3.8, 4) is 0 Å². The zero-order valence-electron chi connectivity index (χ0n) is 12.4. The average molecular weight is 294 g/mol. The van der Waals surface area contributed by atoms with Gasteiger partial charge in [0.05, 0.1) is 36.6 Å². The molecule has 0 aliphatic heterocycles. The molecule has 0 aliphatic rings. The van der Waals surface area contributed by atoms with Crippen molar-refractivity contribution in [3.63, 3.8) is 0 Å². The van der Waals surface area contributed by atoms with Crippen molar-refractivity contribution in [2.24, 2.45) is 0 Å². The minimum Gasteiger partial charge on any atom is -0.393 e. The van der Waals surface area contributed by atoms with Gasteiger partial charge in [-0.05, 0) is 45.4 Å². The minimum atomic E-state index is -0.887. The largest absolute Gasteiger partial charge is 0.393 e. The zero-order valence-corrected chi connectivity index (χ0v) is 12.4. The summed E-state index contributed by atoms with van der Waals surface area (Å²) >= 11 is 0. The molecule has 6 unspecified atom stereocenters. The third kappa shape index (κ3) is 10.5. The van der Waals surface area contributed by atoms with E-state index < -0.39 is 36.6 Å². The van der Waals surface area contributed by atoms with Crippen molar-refractivity contribution >= 4 is 0 Å². The molecule has 6 nitrogen and oxygen atoms in total. The van der Waals surface area contributed by atoms with Gasteiger partial charge in [0.15, 0.2) is 0 Å². The van der Waals surface area contributed by atoms with Gasteiger partial charge in [0.2, 0.25) is 0 Å². The molecule has 0 aromatic heterocycles. The molecule has 0 rings (SSSR count). The number of rotatable bonds is 11. The molecule has 6 heteroatoms. The van der Waals surface area contributed by atoms with E-state index in [1.54, 1.807) is 13.8 Å². The van der Waals surface area contributed by atoms with E-state index in [-0.39, 0.29) is 32.1 Å². The molecule has 0 spiro atoms. The molecule has 0 fully saturated rings. The molecule has 0 heterocycles. The van der Waals surface area contributed by atoms with Crippen molar-refractivity contribution in [2.75, 3.05) is 0 Å². The molecule has 0 saturated carbocycles. The summed E-state index contributed by atoms with van der Waals surface area (Å²) in [5.41, 5.74) is 0. The second-order valence-corrected chi connectivity index (χ2v) is 5.70. The summed E-state index contributed by atoms with van der Waals surface area (Å²) in [7, 11) is 0. The molecular formula is C14H30O6. The third-order valence-corrected chi connectivity index (χ3v) is 3.26. The van der Waals surface area contributed by atoms with Gasteiger partial charge in [-0.1, -0.05) is 6.92 Å². The van der Waals surface area contributed by atoms with Gasteiger partial charge in [0.1, 0.15) is 0 Å². The van der Waals surface area contributed by atoms with Crippen LogP contribution in [0.15, 0.2) is 0 Å². The van der Waals surface area contributed by atoms with Gasteiger partial charge < -0.3 is 30.6 Å². The van der Waals surface area contributed by atoms with Crippen LogP contribution in [0.2, 0.25) is 0 Å². The molecule has 20 heavy (non-hydrogen) atoms. The van der Waals surface area contributed by atoms with Crippen LogP contribution in [-0.4, -0.2) is 67.3 Å². The maximum Gasteiger partial charge on any atom is 0.0589 e. The Balaban J connectivity index is 3.91. The Morgan fingerprint density at radius 3 is 1.15 bits per heavy atom. The molecule has 0 aromatic rings. The Morgan fingerprint density at radius 1 is 0.550 bits per heavy atom. The highest BCUT2D eigenvalue weighted by molar-refractivity contribution is 4.73. The van der Waals surface area contributed by atoms with Crippen molar-refractivity contribution in [2.45, 2.75) is 89.0 Å². The van der Waals surface area contributed by atoms with Crippen molar-refractivity contribution in [3.05, 3.63) is 0 Å². The van der Waals surface area contributed by atoms with E-state index in [0.29, 0.717) is 6.42 Å². The Morgan fingerprint density at radius 2 is 0.850 bits per heavy atom. The maximum absolute atomic E-state index is 9.74.